The van der Waals surface area contributed by atoms with E-state index in [2.05, 4.69) is 103 Å². The van der Waals surface area contributed by atoms with Gasteiger partial charge in [0.05, 0.1) is 42.6 Å². The third kappa shape index (κ3) is 6.52. The summed E-state index contributed by atoms with van der Waals surface area (Å²) in [6.07, 6.45) is 5.42. The van der Waals surface area contributed by atoms with Gasteiger partial charge >= 0.3 is 6.09 Å². The van der Waals surface area contributed by atoms with E-state index < -0.39 is 14.4 Å². The second kappa shape index (κ2) is 14.3. The predicted octanol–water partition coefficient (Wildman–Crippen LogP) is 8.20. The standard InChI is InChI=1S/C41H46Cl2N6O4Si/c1-40(2,3)54(30-11-7-5-8-12-30,31-13-9-6-10-14-31)53-36-25-52-26-41(36,4)47-19-17-27(18-20-47)32-22-34-28(21-33(32)42)23-44-38(46-34)48(39(50)51)35-24-45-49(37(35)43)29-15-16-29/h5-14,21-24,27,29,36H,15-20,25-26H2,1-4H3,(H,50,51). The third-order valence-corrected chi connectivity index (χ3v) is 17.4. The van der Waals surface area contributed by atoms with Crippen LogP contribution >= 0.6 is 23.2 Å². The Labute approximate surface area is 327 Å². The first-order chi connectivity index (χ1) is 25.9. The van der Waals surface area contributed by atoms with E-state index >= 15 is 0 Å². The summed E-state index contributed by atoms with van der Waals surface area (Å²) in [4.78, 5) is 25.2. The number of anilines is 2. The van der Waals surface area contributed by atoms with Crippen LogP contribution in [0.5, 0.6) is 0 Å². The first kappa shape index (κ1) is 37.1. The van der Waals surface area contributed by atoms with Crippen molar-refractivity contribution >= 4 is 70.5 Å². The molecule has 8 rings (SSSR count). The second-order valence-electron chi connectivity index (χ2n) is 16.1. The molecule has 3 fully saturated rings. The Bertz CT molecular complexity index is 2110. The quantitative estimate of drug-likeness (QED) is 0.149. The summed E-state index contributed by atoms with van der Waals surface area (Å²) in [5.41, 5.74) is 1.54. The van der Waals surface area contributed by atoms with Crippen LogP contribution < -0.4 is 15.3 Å². The van der Waals surface area contributed by atoms with Crippen molar-refractivity contribution in [3.05, 3.63) is 101 Å². The summed E-state index contributed by atoms with van der Waals surface area (Å²) in [5, 5.41) is 18.6. The lowest BCUT2D eigenvalue weighted by Crippen LogP contribution is -2.70. The van der Waals surface area contributed by atoms with Crippen LogP contribution in [-0.2, 0) is 9.16 Å². The summed E-state index contributed by atoms with van der Waals surface area (Å²) in [6.45, 7) is 12.1. The number of rotatable bonds is 9. The molecule has 0 radical (unpaired) electrons. The molecule has 2 aliphatic heterocycles. The lowest BCUT2D eigenvalue weighted by molar-refractivity contribution is 0.00483. The molecule has 5 aromatic rings. The average molecular weight is 786 g/mol. The maximum atomic E-state index is 12.5. The van der Waals surface area contributed by atoms with Gasteiger partial charge in [0, 0.05) is 16.6 Å². The predicted molar refractivity (Wildman–Crippen MR) is 215 cm³/mol. The average Bonchev–Trinajstić information content (AvgIpc) is 3.84. The molecule has 1 aliphatic carbocycles. The molecule has 2 unspecified atom stereocenters. The van der Waals surface area contributed by atoms with Crippen molar-refractivity contribution in [3.8, 4) is 0 Å². The summed E-state index contributed by atoms with van der Waals surface area (Å²) < 4.78 is 15.6. The number of fused-ring (bicyclic) bond motifs is 1. The minimum absolute atomic E-state index is 0.0106. The number of piperidine rings is 1. The van der Waals surface area contributed by atoms with E-state index in [1.165, 1.54) is 16.6 Å². The number of aromatic nitrogens is 4. The Morgan fingerprint density at radius 2 is 1.63 bits per heavy atom. The van der Waals surface area contributed by atoms with Gasteiger partial charge < -0.3 is 14.3 Å². The fourth-order valence-electron chi connectivity index (χ4n) is 8.54. The Kier molecular flexibility index (Phi) is 9.85. The maximum absolute atomic E-state index is 12.5. The van der Waals surface area contributed by atoms with Gasteiger partial charge in [0.15, 0.2) is 5.15 Å². The lowest BCUT2D eigenvalue weighted by atomic mass is 9.85. The molecule has 2 aromatic heterocycles. The largest absolute Gasteiger partial charge is 0.464 e. The van der Waals surface area contributed by atoms with Crippen LogP contribution in [0.4, 0.5) is 16.4 Å². The van der Waals surface area contributed by atoms with Crippen molar-refractivity contribution in [3.63, 3.8) is 0 Å². The van der Waals surface area contributed by atoms with Crippen LogP contribution in [0.25, 0.3) is 10.9 Å². The minimum atomic E-state index is -2.80. The molecule has 1 amide bonds. The van der Waals surface area contributed by atoms with Gasteiger partial charge in [-0.2, -0.15) is 5.10 Å². The van der Waals surface area contributed by atoms with Gasteiger partial charge in [-0.05, 0) is 84.7 Å². The van der Waals surface area contributed by atoms with Gasteiger partial charge in [0.2, 0.25) is 5.95 Å². The molecule has 3 aliphatic rings. The maximum Gasteiger partial charge on any atom is 0.419 e. The topological polar surface area (TPSA) is 106 Å². The molecule has 54 heavy (non-hydrogen) atoms. The highest BCUT2D eigenvalue weighted by Gasteiger charge is 2.56. The zero-order valence-electron chi connectivity index (χ0n) is 31.1. The first-order valence-corrected chi connectivity index (χ1v) is 21.4. The number of amides is 1. The van der Waals surface area contributed by atoms with Crippen LogP contribution in [0.2, 0.25) is 15.2 Å². The number of nitrogens with zero attached hydrogens (tertiary/aromatic N) is 6. The molecule has 1 saturated carbocycles. The first-order valence-electron chi connectivity index (χ1n) is 18.7. The highest BCUT2D eigenvalue weighted by Crippen LogP contribution is 2.44. The summed E-state index contributed by atoms with van der Waals surface area (Å²) in [5.74, 6) is 0.205. The van der Waals surface area contributed by atoms with Crippen LogP contribution in [0.3, 0.4) is 0 Å². The van der Waals surface area contributed by atoms with Crippen molar-refractivity contribution in [2.45, 2.75) is 82.0 Å². The zero-order valence-corrected chi connectivity index (χ0v) is 33.6. The number of hydrogen-bond acceptors (Lipinski definition) is 7. The minimum Gasteiger partial charge on any atom is -0.464 e. The molecule has 4 heterocycles. The van der Waals surface area contributed by atoms with E-state index in [4.69, 9.17) is 37.3 Å². The van der Waals surface area contributed by atoms with Crippen molar-refractivity contribution in [2.75, 3.05) is 31.2 Å². The van der Waals surface area contributed by atoms with Gasteiger partial charge in [-0.15, -0.1) is 0 Å². The SMILES string of the molecule is CC1(N2CCC(c3cc4nc(N(C(=O)O)c5cnn(C6CC6)c5Cl)ncc4cc3Cl)CC2)COCC1O[Si](c1ccccc1)(c1ccccc1)C(C)(C)C. The Morgan fingerprint density at radius 1 is 0.981 bits per heavy atom. The van der Waals surface area contributed by atoms with Crippen molar-refractivity contribution < 1.29 is 19.1 Å². The number of carboxylic acid groups (broad SMARTS) is 1. The van der Waals surface area contributed by atoms with Gasteiger partial charge in [0.1, 0.15) is 5.69 Å². The Balaban J connectivity index is 1.04. The highest BCUT2D eigenvalue weighted by molar-refractivity contribution is 6.99. The molecule has 2 atom stereocenters. The number of benzene rings is 3. The molecule has 0 spiro atoms. The number of likely N-dealkylation sites (tertiary alicyclic amines) is 1. The Morgan fingerprint density at radius 3 is 2.22 bits per heavy atom. The molecule has 282 valence electrons. The summed E-state index contributed by atoms with van der Waals surface area (Å²) in [6, 6.07) is 25.7. The normalized spacial score (nSPS) is 21.5. The summed E-state index contributed by atoms with van der Waals surface area (Å²) >= 11 is 13.6. The van der Waals surface area contributed by atoms with Gasteiger partial charge in [0.25, 0.3) is 8.32 Å². The fraction of sp³-hybridized carbons (Fsp3) is 0.415. The monoisotopic (exact) mass is 784 g/mol. The smallest absolute Gasteiger partial charge is 0.419 e. The number of ether oxygens (including phenoxy) is 1. The molecular formula is C41H46Cl2N6O4Si. The van der Waals surface area contributed by atoms with Crippen molar-refractivity contribution in [1.82, 2.24) is 24.6 Å². The molecule has 0 bridgehead atoms. The molecule has 2 saturated heterocycles. The lowest BCUT2D eigenvalue weighted by Gasteiger charge is -2.50. The molecule has 3 aromatic carbocycles. The Hall–Kier alpha value is -3.84. The summed E-state index contributed by atoms with van der Waals surface area (Å²) in [7, 11) is -2.80. The number of hydrogen-bond donors (Lipinski definition) is 1. The molecular weight excluding hydrogens is 739 g/mol. The number of carbonyl (C=O) groups is 1. The van der Waals surface area contributed by atoms with Gasteiger partial charge in [-0.3, -0.25) is 4.90 Å². The third-order valence-electron chi connectivity index (χ3n) is 11.7. The van der Waals surface area contributed by atoms with E-state index in [-0.39, 0.29) is 45.4 Å². The van der Waals surface area contributed by atoms with Crippen LogP contribution in [0.1, 0.15) is 70.9 Å². The highest BCUT2D eigenvalue weighted by atomic mass is 35.5. The van der Waals surface area contributed by atoms with Gasteiger partial charge in [-0.25, -0.2) is 24.3 Å². The van der Waals surface area contributed by atoms with Crippen molar-refractivity contribution in [2.24, 2.45) is 0 Å². The van der Waals surface area contributed by atoms with E-state index in [1.807, 2.05) is 12.1 Å². The van der Waals surface area contributed by atoms with E-state index in [9.17, 15) is 9.90 Å². The van der Waals surface area contributed by atoms with Crippen LogP contribution in [0.15, 0.2) is 85.2 Å². The van der Waals surface area contributed by atoms with E-state index in [0.29, 0.717) is 23.8 Å². The second-order valence-corrected chi connectivity index (χ2v) is 21.1. The van der Waals surface area contributed by atoms with E-state index in [0.717, 1.165) is 54.6 Å². The van der Waals surface area contributed by atoms with Crippen molar-refractivity contribution in [1.29, 1.82) is 0 Å². The van der Waals surface area contributed by atoms with Crippen LogP contribution in [-0.4, -0.2) is 82.1 Å². The van der Waals surface area contributed by atoms with Gasteiger partial charge in [-0.1, -0.05) is 105 Å². The zero-order chi connectivity index (χ0) is 37.8. The van der Waals surface area contributed by atoms with E-state index in [1.54, 1.807) is 10.9 Å². The number of halogens is 2. The molecule has 13 heteroatoms. The fourth-order valence-corrected chi connectivity index (χ4v) is 13.9. The molecule has 10 nitrogen and oxygen atoms in total. The van der Waals surface area contributed by atoms with Crippen LogP contribution in [0, 0.1) is 0 Å². The molecule has 1 N–H and O–H groups in total.